The monoisotopic (exact) mass is 183 g/mol. The Morgan fingerprint density at radius 2 is 1.92 bits per heavy atom. The van der Waals surface area contributed by atoms with Crippen LogP contribution in [0.5, 0.6) is 0 Å². The molecular formula is C10H17NO2. The van der Waals surface area contributed by atoms with Crippen LogP contribution >= 0.6 is 0 Å². The number of hydrogen-bond acceptors (Lipinski definition) is 2. The largest absolute Gasteiger partial charge is 0.449 e. The number of amides is 1. The second-order valence-corrected chi connectivity index (χ2v) is 4.07. The lowest BCUT2D eigenvalue weighted by atomic mass is 9.86. The summed E-state index contributed by atoms with van der Waals surface area (Å²) in [6, 6.07) is 0. The van der Waals surface area contributed by atoms with E-state index in [0.717, 1.165) is 25.9 Å². The summed E-state index contributed by atoms with van der Waals surface area (Å²) >= 11 is 0. The molecule has 1 saturated heterocycles. The molecule has 0 N–H and O–H groups in total. The van der Waals surface area contributed by atoms with E-state index in [0.29, 0.717) is 12.5 Å². The molecule has 2 fully saturated rings. The Hall–Kier alpha value is -0.730. The van der Waals surface area contributed by atoms with Gasteiger partial charge in [0.1, 0.15) is 0 Å². The highest BCUT2D eigenvalue weighted by Gasteiger charge is 2.23. The zero-order valence-electron chi connectivity index (χ0n) is 8.00. The third-order valence-electron chi connectivity index (χ3n) is 3.03. The zero-order valence-corrected chi connectivity index (χ0v) is 8.00. The summed E-state index contributed by atoms with van der Waals surface area (Å²) in [5.74, 6) is 0.659. The Balaban J connectivity index is 1.65. The lowest BCUT2D eigenvalue weighted by Crippen LogP contribution is -2.31. The van der Waals surface area contributed by atoms with Crippen LogP contribution in [0.4, 0.5) is 4.79 Å². The fourth-order valence-corrected chi connectivity index (χ4v) is 1.84. The standard InChI is InChI=1S/C10H17NO2/c12-10(11-6-1-2-7-11)13-8-9-4-3-5-9/h9H,1-8H2. The fraction of sp³-hybridized carbons (Fsp3) is 0.900. The van der Waals surface area contributed by atoms with Gasteiger partial charge in [0.25, 0.3) is 0 Å². The van der Waals surface area contributed by atoms with Gasteiger partial charge in [0.2, 0.25) is 0 Å². The molecule has 0 aromatic heterocycles. The van der Waals surface area contributed by atoms with E-state index in [1.807, 2.05) is 4.90 Å². The van der Waals surface area contributed by atoms with E-state index in [1.165, 1.54) is 19.3 Å². The summed E-state index contributed by atoms with van der Waals surface area (Å²) in [7, 11) is 0. The SMILES string of the molecule is O=C(OCC1CCC1)N1CCCC1. The maximum atomic E-state index is 11.4. The zero-order chi connectivity index (χ0) is 9.10. The molecule has 74 valence electrons. The molecular weight excluding hydrogens is 166 g/mol. The molecule has 1 amide bonds. The second kappa shape index (κ2) is 3.99. The molecule has 2 rings (SSSR count). The molecule has 3 nitrogen and oxygen atoms in total. The van der Waals surface area contributed by atoms with E-state index in [9.17, 15) is 4.79 Å². The van der Waals surface area contributed by atoms with E-state index < -0.39 is 0 Å². The van der Waals surface area contributed by atoms with Gasteiger partial charge >= 0.3 is 6.09 Å². The van der Waals surface area contributed by atoms with Gasteiger partial charge in [0, 0.05) is 13.1 Å². The number of carbonyl (C=O) groups is 1. The summed E-state index contributed by atoms with van der Waals surface area (Å²) < 4.78 is 5.22. The van der Waals surface area contributed by atoms with E-state index in [2.05, 4.69) is 0 Å². The first kappa shape index (κ1) is 8.85. The average molecular weight is 183 g/mol. The molecule has 1 heterocycles. The van der Waals surface area contributed by atoms with Gasteiger partial charge in [-0.3, -0.25) is 0 Å². The van der Waals surface area contributed by atoms with Crippen molar-refractivity contribution in [2.24, 2.45) is 5.92 Å². The van der Waals surface area contributed by atoms with Crippen molar-refractivity contribution >= 4 is 6.09 Å². The summed E-state index contributed by atoms with van der Waals surface area (Å²) in [6.07, 6.45) is 5.98. The van der Waals surface area contributed by atoms with Crippen molar-refractivity contribution in [3.63, 3.8) is 0 Å². The third kappa shape index (κ3) is 2.14. The van der Waals surface area contributed by atoms with Crippen molar-refractivity contribution in [2.75, 3.05) is 19.7 Å². The van der Waals surface area contributed by atoms with Gasteiger partial charge in [-0.15, -0.1) is 0 Å². The summed E-state index contributed by atoms with van der Waals surface area (Å²) in [5, 5.41) is 0. The molecule has 1 aliphatic heterocycles. The Morgan fingerprint density at radius 1 is 1.23 bits per heavy atom. The number of nitrogens with zero attached hydrogens (tertiary/aromatic N) is 1. The molecule has 13 heavy (non-hydrogen) atoms. The van der Waals surface area contributed by atoms with Crippen molar-refractivity contribution < 1.29 is 9.53 Å². The molecule has 0 radical (unpaired) electrons. The van der Waals surface area contributed by atoms with Crippen molar-refractivity contribution in [1.82, 2.24) is 4.90 Å². The number of hydrogen-bond donors (Lipinski definition) is 0. The van der Waals surface area contributed by atoms with Gasteiger partial charge in [-0.1, -0.05) is 6.42 Å². The van der Waals surface area contributed by atoms with E-state index >= 15 is 0 Å². The first-order valence-corrected chi connectivity index (χ1v) is 5.28. The van der Waals surface area contributed by atoms with Crippen LogP contribution in [0.3, 0.4) is 0 Å². The Morgan fingerprint density at radius 3 is 2.46 bits per heavy atom. The number of rotatable bonds is 2. The predicted molar refractivity (Wildman–Crippen MR) is 49.5 cm³/mol. The maximum Gasteiger partial charge on any atom is 0.409 e. The van der Waals surface area contributed by atoms with Crippen molar-refractivity contribution in [2.45, 2.75) is 32.1 Å². The molecule has 1 aliphatic carbocycles. The van der Waals surface area contributed by atoms with Crippen LogP contribution in [0.2, 0.25) is 0 Å². The average Bonchev–Trinajstić information content (AvgIpc) is 2.52. The number of carbonyl (C=O) groups excluding carboxylic acids is 1. The molecule has 0 unspecified atom stereocenters. The maximum absolute atomic E-state index is 11.4. The number of likely N-dealkylation sites (tertiary alicyclic amines) is 1. The predicted octanol–water partition coefficient (Wildman–Crippen LogP) is 2.02. The summed E-state index contributed by atoms with van der Waals surface area (Å²) in [6.45, 7) is 2.43. The van der Waals surface area contributed by atoms with Crippen LogP contribution in [0, 0.1) is 5.92 Å². The first-order chi connectivity index (χ1) is 6.36. The lowest BCUT2D eigenvalue weighted by Gasteiger charge is -2.25. The smallest absolute Gasteiger partial charge is 0.409 e. The third-order valence-corrected chi connectivity index (χ3v) is 3.03. The van der Waals surface area contributed by atoms with Gasteiger partial charge in [0.15, 0.2) is 0 Å². The van der Waals surface area contributed by atoms with Crippen molar-refractivity contribution in [1.29, 1.82) is 0 Å². The molecule has 0 aromatic rings. The van der Waals surface area contributed by atoms with Gasteiger partial charge in [-0.25, -0.2) is 4.79 Å². The molecule has 3 heteroatoms. The van der Waals surface area contributed by atoms with Crippen LogP contribution < -0.4 is 0 Å². The van der Waals surface area contributed by atoms with Gasteiger partial charge < -0.3 is 9.64 Å². The quantitative estimate of drug-likeness (QED) is 0.655. The minimum atomic E-state index is -0.0931. The Kier molecular flexibility index (Phi) is 2.71. The molecule has 1 saturated carbocycles. The number of ether oxygens (including phenoxy) is 1. The van der Waals surface area contributed by atoms with Crippen LogP contribution in [0.1, 0.15) is 32.1 Å². The lowest BCUT2D eigenvalue weighted by molar-refractivity contribution is 0.0776. The molecule has 0 spiro atoms. The minimum absolute atomic E-state index is 0.0931. The first-order valence-electron chi connectivity index (χ1n) is 5.28. The van der Waals surface area contributed by atoms with Crippen LogP contribution in [-0.2, 0) is 4.74 Å². The normalized spacial score (nSPS) is 22.9. The highest BCUT2D eigenvalue weighted by atomic mass is 16.6. The van der Waals surface area contributed by atoms with Crippen LogP contribution in [0.15, 0.2) is 0 Å². The van der Waals surface area contributed by atoms with E-state index in [-0.39, 0.29) is 6.09 Å². The Bertz CT molecular complexity index is 183. The van der Waals surface area contributed by atoms with Crippen LogP contribution in [0.25, 0.3) is 0 Å². The van der Waals surface area contributed by atoms with Crippen LogP contribution in [-0.4, -0.2) is 30.7 Å². The molecule has 0 atom stereocenters. The molecule has 0 aromatic carbocycles. The highest BCUT2D eigenvalue weighted by Crippen LogP contribution is 2.26. The molecule has 0 bridgehead atoms. The summed E-state index contributed by atoms with van der Waals surface area (Å²) in [5.41, 5.74) is 0. The second-order valence-electron chi connectivity index (χ2n) is 4.07. The molecule has 2 aliphatic rings. The minimum Gasteiger partial charge on any atom is -0.449 e. The van der Waals surface area contributed by atoms with Gasteiger partial charge in [-0.2, -0.15) is 0 Å². The highest BCUT2D eigenvalue weighted by molar-refractivity contribution is 5.67. The van der Waals surface area contributed by atoms with E-state index in [1.54, 1.807) is 0 Å². The van der Waals surface area contributed by atoms with Gasteiger partial charge in [0.05, 0.1) is 6.61 Å². The van der Waals surface area contributed by atoms with E-state index in [4.69, 9.17) is 4.74 Å². The van der Waals surface area contributed by atoms with Crippen molar-refractivity contribution in [3.8, 4) is 0 Å². The van der Waals surface area contributed by atoms with Crippen molar-refractivity contribution in [3.05, 3.63) is 0 Å². The summed E-state index contributed by atoms with van der Waals surface area (Å²) in [4.78, 5) is 13.2. The topological polar surface area (TPSA) is 29.5 Å². The fourth-order valence-electron chi connectivity index (χ4n) is 1.84. The Labute approximate surface area is 79.0 Å². The van der Waals surface area contributed by atoms with Gasteiger partial charge in [-0.05, 0) is 31.6 Å².